The number of fused-ring (bicyclic) bond motifs is 7. The van der Waals surface area contributed by atoms with Gasteiger partial charge in [0, 0.05) is 91.5 Å². The van der Waals surface area contributed by atoms with Crippen molar-refractivity contribution in [3.63, 3.8) is 0 Å². The normalized spacial score (nSPS) is 38.8. The van der Waals surface area contributed by atoms with Crippen LogP contribution in [0.5, 0.6) is 40.2 Å². The first-order chi connectivity index (χ1) is 46.3. The maximum absolute atomic E-state index is 13.9. The SMILES string of the molecule is COCCCC1Oc2c3cc(c4cc(O)ccc24)OCC#CC2CNC4(CC5(CCCC5)C56CCC7(CCC8C(CCOC)CC(CC45)C87)C6)NC24C2C=CC(C(O)C2)C4OC3C1C1COc2c(Cc3cc(O)ccc3-c3cccc(O)c3)cc(OC3CCCC3)cc2C1O. The Bertz CT molecular complexity index is 3900. The van der Waals surface area contributed by atoms with E-state index in [1.807, 2.05) is 37.4 Å². The number of phenolic OH excluding ortho intramolecular Hbond substituents is 3. The van der Waals surface area contributed by atoms with Crippen molar-refractivity contribution < 1.29 is 58.7 Å². The van der Waals surface area contributed by atoms with E-state index in [9.17, 15) is 25.5 Å². The highest BCUT2D eigenvalue weighted by Crippen LogP contribution is 2.82. The molecule has 95 heavy (non-hydrogen) atoms. The minimum Gasteiger partial charge on any atom is -0.508 e. The second-order valence-corrected chi connectivity index (χ2v) is 32.2. The largest absolute Gasteiger partial charge is 0.508 e. The second-order valence-electron chi connectivity index (χ2n) is 32.2. The molecule has 5 spiro atoms. The van der Waals surface area contributed by atoms with E-state index in [1.54, 1.807) is 43.5 Å². The van der Waals surface area contributed by atoms with Crippen LogP contribution in [0, 0.1) is 87.3 Å². The molecule has 8 saturated carbocycles. The first kappa shape index (κ1) is 61.3. The van der Waals surface area contributed by atoms with Gasteiger partial charge in [0.05, 0.1) is 54.2 Å². The average Bonchev–Trinajstić information content (AvgIpc) is 1.41. The molecule has 4 aliphatic heterocycles. The lowest BCUT2D eigenvalue weighted by molar-refractivity contribution is -0.211. The number of aliphatic hydroxyl groups excluding tert-OH is 2. The molecule has 19 rings (SSSR count). The fourth-order valence-corrected chi connectivity index (χ4v) is 24.6. The quantitative estimate of drug-likeness (QED) is 0.0335. The maximum Gasteiger partial charge on any atom is 0.149 e. The van der Waals surface area contributed by atoms with Crippen LogP contribution >= 0.6 is 0 Å². The van der Waals surface area contributed by atoms with Gasteiger partial charge in [0.1, 0.15) is 53.0 Å². The summed E-state index contributed by atoms with van der Waals surface area (Å²) in [5, 5.41) is 70.7. The molecule has 502 valence electrons. The number of aliphatic hydroxyl groups is 2. The first-order valence-electron chi connectivity index (χ1n) is 36.7. The van der Waals surface area contributed by atoms with Crippen molar-refractivity contribution in [1.29, 1.82) is 0 Å². The molecular weight excluding hydrogens is 1190 g/mol. The predicted octanol–water partition coefficient (Wildman–Crippen LogP) is 13.6. The van der Waals surface area contributed by atoms with E-state index in [0.717, 1.165) is 96.1 Å². The third kappa shape index (κ3) is 9.48. The van der Waals surface area contributed by atoms with Crippen LogP contribution in [0.25, 0.3) is 21.9 Å². The van der Waals surface area contributed by atoms with Gasteiger partial charge in [-0.25, -0.2) is 0 Å². The molecule has 0 amide bonds. The van der Waals surface area contributed by atoms with Crippen LogP contribution in [0.3, 0.4) is 0 Å². The summed E-state index contributed by atoms with van der Waals surface area (Å²) in [7, 11) is 3.61. The van der Waals surface area contributed by atoms with Gasteiger partial charge in [0.25, 0.3) is 0 Å². The fraction of sp³-hybridized carbons (Fsp3) is 0.605. The van der Waals surface area contributed by atoms with Crippen LogP contribution in [0.1, 0.15) is 163 Å². The molecule has 14 heteroatoms. The third-order valence-electron chi connectivity index (χ3n) is 28.1. The van der Waals surface area contributed by atoms with Crippen LogP contribution in [-0.4, -0.2) is 108 Å². The van der Waals surface area contributed by atoms with Gasteiger partial charge in [0.15, 0.2) is 0 Å². The monoisotopic (exact) mass is 1290 g/mol. The zero-order chi connectivity index (χ0) is 64.2. The molecule has 0 aromatic heterocycles. The summed E-state index contributed by atoms with van der Waals surface area (Å²) in [6.45, 7) is 2.26. The van der Waals surface area contributed by atoms with Gasteiger partial charge in [-0.1, -0.05) is 55.0 Å². The van der Waals surface area contributed by atoms with Gasteiger partial charge in [-0.2, -0.15) is 0 Å². The van der Waals surface area contributed by atoms with Gasteiger partial charge in [-0.05, 0) is 239 Å². The zero-order valence-electron chi connectivity index (χ0n) is 55.4. The van der Waals surface area contributed by atoms with Crippen molar-refractivity contribution in [3.05, 3.63) is 113 Å². The van der Waals surface area contributed by atoms with Gasteiger partial charge in [-0.15, -0.1) is 0 Å². The van der Waals surface area contributed by atoms with Crippen molar-refractivity contribution in [1.82, 2.24) is 10.6 Å². The molecule has 14 nitrogen and oxygen atoms in total. The molecule has 10 aliphatic carbocycles. The first-order valence-corrected chi connectivity index (χ1v) is 36.7. The summed E-state index contributed by atoms with van der Waals surface area (Å²) >= 11 is 0. The number of hydrogen-bond acceptors (Lipinski definition) is 14. The van der Waals surface area contributed by atoms with E-state index in [4.69, 9.17) is 38.5 Å². The van der Waals surface area contributed by atoms with Gasteiger partial charge in [-0.3, -0.25) is 10.6 Å². The Labute approximate surface area is 559 Å². The number of rotatable bonds is 13. The van der Waals surface area contributed by atoms with E-state index in [2.05, 4.69) is 41.4 Å². The molecule has 5 aromatic rings. The molecule has 19 unspecified atom stereocenters. The van der Waals surface area contributed by atoms with Crippen molar-refractivity contribution in [3.8, 4) is 63.2 Å². The van der Waals surface area contributed by atoms with Crippen molar-refractivity contribution >= 4 is 10.8 Å². The number of aromatic hydroxyl groups is 3. The molecule has 6 bridgehead atoms. The standard InChI is InChI=1S/C81H96N2O12/c1-89-29-9-15-67-70(65-43-92-73-50(36-57(40-63(73)72(65)88)93-56-13-3-4-14-56)33-48-35-54(85)17-20-58(48)46-10-7-12-53(84)34-46)75-64-41-68(62-39-55(86)18-21-60(62)74(64)94-67)91-30-8-11-52-42-82-80(83-81(52)51-16-19-61(66(87)38-51)76(81)95-75)45-78(24-5-6-25-78)79-28-27-77(44-79)26-22-59-47(23-31-90-2)32-49(71(59)77)37-69(79)80/h7,10,12,16-21,34-36,39-41,47,49,51-52,56,59,61,65-67,69-72,75-76,82-88H,3-6,9,13-15,22-33,37-38,42-45H2,1-2H3. The Morgan fingerprint density at radius 2 is 1.57 bits per heavy atom. The van der Waals surface area contributed by atoms with Crippen molar-refractivity contribution in [2.45, 2.75) is 183 Å². The lowest BCUT2D eigenvalue weighted by Crippen LogP contribution is -2.83. The molecular formula is C81H96N2O12. The Balaban J connectivity index is 0.788. The summed E-state index contributed by atoms with van der Waals surface area (Å²) in [6.07, 6.45) is 24.1. The number of ether oxygens (including phenoxy) is 7. The Kier molecular flexibility index (Phi) is 15.0. The summed E-state index contributed by atoms with van der Waals surface area (Å²) in [5.74, 6) is 11.9. The Morgan fingerprint density at radius 3 is 2.41 bits per heavy atom. The number of hydrogen-bond donors (Lipinski definition) is 7. The summed E-state index contributed by atoms with van der Waals surface area (Å²) in [4.78, 5) is 0. The Morgan fingerprint density at radius 1 is 0.726 bits per heavy atom. The molecule has 7 N–H and O–H groups in total. The number of phenols is 3. The highest BCUT2D eigenvalue weighted by Gasteiger charge is 2.79. The molecule has 5 aromatic carbocycles. The van der Waals surface area contributed by atoms with E-state index in [1.165, 1.54) is 70.6 Å². The smallest absolute Gasteiger partial charge is 0.149 e. The van der Waals surface area contributed by atoms with E-state index >= 15 is 0 Å². The van der Waals surface area contributed by atoms with Gasteiger partial charge in [0.2, 0.25) is 0 Å². The minimum atomic E-state index is -1.09. The van der Waals surface area contributed by atoms with Crippen LogP contribution in [0.4, 0.5) is 0 Å². The van der Waals surface area contributed by atoms with E-state index in [0.29, 0.717) is 90.0 Å². The topological polar surface area (TPSA) is 190 Å². The van der Waals surface area contributed by atoms with Crippen LogP contribution in [0.15, 0.2) is 91.0 Å². The van der Waals surface area contributed by atoms with Crippen molar-refractivity contribution in [2.24, 2.45) is 75.4 Å². The lowest BCUT2D eigenvalue weighted by Gasteiger charge is -2.65. The summed E-state index contributed by atoms with van der Waals surface area (Å²) in [6, 6.07) is 24.0. The van der Waals surface area contributed by atoms with Crippen molar-refractivity contribution in [2.75, 3.05) is 47.2 Å². The summed E-state index contributed by atoms with van der Waals surface area (Å²) < 4.78 is 49.0. The molecule has 9 fully saturated rings. The van der Waals surface area contributed by atoms with E-state index in [-0.39, 0.29) is 65.1 Å². The van der Waals surface area contributed by atoms with Crippen LogP contribution < -0.4 is 29.6 Å². The molecule has 19 atom stereocenters. The highest BCUT2D eigenvalue weighted by molar-refractivity contribution is 5.96. The van der Waals surface area contributed by atoms with Crippen LogP contribution in [-0.2, 0) is 20.6 Å². The van der Waals surface area contributed by atoms with Gasteiger partial charge >= 0.3 is 0 Å². The minimum absolute atomic E-state index is 0.0240. The predicted molar refractivity (Wildman–Crippen MR) is 360 cm³/mol. The van der Waals surface area contributed by atoms with Crippen LogP contribution in [0.2, 0.25) is 0 Å². The second kappa shape index (κ2) is 23.3. The molecule has 4 heterocycles. The number of nitrogens with one attached hydrogen (secondary N) is 2. The number of methoxy groups -OCH3 is 2. The Hall–Kier alpha value is -6.02. The van der Waals surface area contributed by atoms with E-state index < -0.39 is 53.6 Å². The molecule has 0 radical (unpaired) electrons. The number of benzene rings is 5. The van der Waals surface area contributed by atoms with Gasteiger partial charge < -0.3 is 58.7 Å². The average molecular weight is 1290 g/mol. The lowest BCUT2D eigenvalue weighted by atomic mass is 9.54. The third-order valence-corrected chi connectivity index (χ3v) is 28.1. The fourth-order valence-electron chi connectivity index (χ4n) is 24.6. The maximum atomic E-state index is 13.9. The summed E-state index contributed by atoms with van der Waals surface area (Å²) in [5.41, 5.74) is 4.43. The molecule has 14 aliphatic rings. The zero-order valence-corrected chi connectivity index (χ0v) is 55.4. The molecule has 1 saturated heterocycles. The highest BCUT2D eigenvalue weighted by atomic mass is 16.5.